The lowest BCUT2D eigenvalue weighted by Crippen LogP contribution is -2.50. The van der Waals surface area contributed by atoms with Crippen molar-refractivity contribution in [3.05, 3.63) is 35.9 Å². The molecule has 2 saturated heterocycles. The van der Waals surface area contributed by atoms with Gasteiger partial charge in [-0.25, -0.2) is 0 Å². The summed E-state index contributed by atoms with van der Waals surface area (Å²) in [5, 5.41) is 11.0. The first-order valence-corrected chi connectivity index (χ1v) is 11.8. The lowest BCUT2D eigenvalue weighted by molar-refractivity contribution is -0.177. The van der Waals surface area contributed by atoms with Gasteiger partial charge in [0.1, 0.15) is 11.7 Å². The van der Waals surface area contributed by atoms with E-state index in [9.17, 15) is 19.5 Å². The van der Waals surface area contributed by atoms with E-state index in [1.54, 1.807) is 20.8 Å². The Morgan fingerprint density at radius 2 is 1.73 bits per heavy atom. The molecule has 0 aliphatic carbocycles. The predicted octanol–water partition coefficient (Wildman–Crippen LogP) is 3.40. The van der Waals surface area contributed by atoms with Crippen LogP contribution in [0.4, 0.5) is 0 Å². The average Bonchev–Trinajstić information content (AvgIpc) is 3.08. The normalized spacial score (nSPS) is 38.2. The van der Waals surface area contributed by atoms with E-state index in [0.717, 1.165) is 5.56 Å². The molecule has 0 radical (unpaired) electrons. The maximum absolute atomic E-state index is 13.4. The topological polar surface area (TPSA) is 99.1 Å². The van der Waals surface area contributed by atoms with Gasteiger partial charge in [0.25, 0.3) is 0 Å². The van der Waals surface area contributed by atoms with E-state index in [4.69, 9.17) is 14.2 Å². The Bertz CT molecular complexity index is 865. The molecule has 33 heavy (non-hydrogen) atoms. The standard InChI is InChI=1S/C26H36O7/c1-6-23-26(5,30)22(28)12-19-16(2)14-25(4,33-19)21(27)13-20(17(3)24(29)32-23)31-15-18-10-8-7-9-11-18/h7-11,16-17,19-20,23,30H,6,12-15H2,1-5H3/t16-,17-,19?,20+,23-,25?,26+/m1/s1. The van der Waals surface area contributed by atoms with Gasteiger partial charge in [-0.15, -0.1) is 0 Å². The SMILES string of the molecule is CC[C@H]1OC(=O)[C@H](C)[C@@H](OCc2ccccc2)CC(=O)C2(C)C[C@@H](C)C(CC(=O)[C@]1(C)O)O2. The molecular weight excluding hydrogens is 424 g/mol. The Hall–Kier alpha value is -2.09. The number of ether oxygens (including phenoxy) is 3. The zero-order valence-electron chi connectivity index (χ0n) is 20.2. The Balaban J connectivity index is 1.92. The van der Waals surface area contributed by atoms with Gasteiger partial charge in [-0.1, -0.05) is 44.2 Å². The van der Waals surface area contributed by atoms with Gasteiger partial charge >= 0.3 is 5.97 Å². The smallest absolute Gasteiger partial charge is 0.311 e. The van der Waals surface area contributed by atoms with E-state index < -0.39 is 47.2 Å². The molecule has 0 aromatic heterocycles. The van der Waals surface area contributed by atoms with E-state index in [2.05, 4.69) is 0 Å². The Morgan fingerprint density at radius 1 is 1.06 bits per heavy atom. The molecule has 1 aromatic carbocycles. The van der Waals surface area contributed by atoms with Crippen LogP contribution in [0.25, 0.3) is 0 Å². The van der Waals surface area contributed by atoms with Crippen LogP contribution in [0.3, 0.4) is 0 Å². The highest BCUT2D eigenvalue weighted by atomic mass is 16.6. The maximum atomic E-state index is 13.4. The number of rotatable bonds is 4. The second kappa shape index (κ2) is 10.0. The summed E-state index contributed by atoms with van der Waals surface area (Å²) >= 11 is 0. The van der Waals surface area contributed by atoms with Crippen LogP contribution in [-0.4, -0.2) is 52.2 Å². The molecule has 2 bridgehead atoms. The van der Waals surface area contributed by atoms with Crippen molar-refractivity contribution in [1.82, 2.24) is 0 Å². The number of fused-ring (bicyclic) bond motifs is 2. The minimum atomic E-state index is -1.86. The van der Waals surface area contributed by atoms with E-state index in [0.29, 0.717) is 6.42 Å². The van der Waals surface area contributed by atoms with Crippen molar-refractivity contribution in [3.8, 4) is 0 Å². The molecule has 2 aliphatic rings. The highest BCUT2D eigenvalue weighted by Gasteiger charge is 2.51. The van der Waals surface area contributed by atoms with E-state index in [1.807, 2.05) is 37.3 Å². The van der Waals surface area contributed by atoms with Crippen molar-refractivity contribution in [2.45, 2.75) is 96.4 Å². The maximum Gasteiger partial charge on any atom is 0.311 e. The number of esters is 1. The number of hydrogen-bond acceptors (Lipinski definition) is 7. The van der Waals surface area contributed by atoms with Crippen molar-refractivity contribution in [2.24, 2.45) is 11.8 Å². The van der Waals surface area contributed by atoms with Gasteiger partial charge in [-0.2, -0.15) is 0 Å². The summed E-state index contributed by atoms with van der Waals surface area (Å²) in [6.07, 6.45) is -1.56. The van der Waals surface area contributed by atoms with Crippen LogP contribution >= 0.6 is 0 Å². The van der Waals surface area contributed by atoms with Crippen molar-refractivity contribution < 1.29 is 33.7 Å². The summed E-state index contributed by atoms with van der Waals surface area (Å²) in [5.74, 6) is -2.05. The lowest BCUT2D eigenvalue weighted by atomic mass is 9.83. The first kappa shape index (κ1) is 25.5. The Labute approximate surface area is 195 Å². The van der Waals surface area contributed by atoms with Crippen molar-refractivity contribution >= 4 is 17.5 Å². The third-order valence-corrected chi connectivity index (χ3v) is 7.18. The molecule has 0 spiro atoms. The molecule has 7 heteroatoms. The molecule has 2 heterocycles. The molecule has 0 amide bonds. The van der Waals surface area contributed by atoms with Crippen LogP contribution in [0.5, 0.6) is 0 Å². The fourth-order valence-corrected chi connectivity index (χ4v) is 4.79. The molecule has 1 aromatic rings. The van der Waals surface area contributed by atoms with Gasteiger partial charge in [0.2, 0.25) is 0 Å². The van der Waals surface area contributed by atoms with Crippen LogP contribution in [0.1, 0.15) is 65.9 Å². The number of benzene rings is 1. The van der Waals surface area contributed by atoms with E-state index >= 15 is 0 Å². The summed E-state index contributed by atoms with van der Waals surface area (Å²) in [7, 11) is 0. The first-order chi connectivity index (χ1) is 15.5. The van der Waals surface area contributed by atoms with Gasteiger partial charge in [-0.05, 0) is 45.1 Å². The van der Waals surface area contributed by atoms with Gasteiger partial charge in [0.05, 0.1) is 24.7 Å². The minimum Gasteiger partial charge on any atom is -0.459 e. The van der Waals surface area contributed by atoms with Crippen molar-refractivity contribution in [2.75, 3.05) is 0 Å². The third kappa shape index (κ3) is 5.53. The highest BCUT2D eigenvalue weighted by Crippen LogP contribution is 2.40. The largest absolute Gasteiger partial charge is 0.459 e. The number of carbonyl (C=O) groups excluding carboxylic acids is 3. The molecule has 2 aliphatic heterocycles. The van der Waals surface area contributed by atoms with Crippen LogP contribution in [0.15, 0.2) is 30.3 Å². The summed E-state index contributed by atoms with van der Waals surface area (Å²) in [4.78, 5) is 39.4. The molecule has 2 fully saturated rings. The van der Waals surface area contributed by atoms with E-state index in [1.165, 1.54) is 6.92 Å². The van der Waals surface area contributed by atoms with Crippen LogP contribution in [0.2, 0.25) is 0 Å². The zero-order chi connectivity index (χ0) is 24.4. The Kier molecular flexibility index (Phi) is 7.76. The number of aliphatic hydroxyl groups is 1. The monoisotopic (exact) mass is 460 g/mol. The van der Waals surface area contributed by atoms with E-state index in [-0.39, 0.29) is 37.6 Å². The molecular formula is C26H36O7. The first-order valence-electron chi connectivity index (χ1n) is 11.8. The van der Waals surface area contributed by atoms with Crippen LogP contribution in [-0.2, 0) is 35.2 Å². The minimum absolute atomic E-state index is 0.0137. The summed E-state index contributed by atoms with van der Waals surface area (Å²) in [6.45, 7) is 8.70. The second-order valence-corrected chi connectivity index (χ2v) is 9.93. The number of carbonyl (C=O) groups is 3. The Morgan fingerprint density at radius 3 is 2.36 bits per heavy atom. The summed E-state index contributed by atoms with van der Waals surface area (Å²) < 4.78 is 17.8. The molecule has 3 rings (SSSR count). The molecule has 182 valence electrons. The third-order valence-electron chi connectivity index (χ3n) is 7.18. The van der Waals surface area contributed by atoms with Crippen molar-refractivity contribution in [3.63, 3.8) is 0 Å². The number of hydrogen-bond donors (Lipinski definition) is 1. The van der Waals surface area contributed by atoms with Gasteiger partial charge in [0, 0.05) is 12.8 Å². The predicted molar refractivity (Wildman–Crippen MR) is 121 cm³/mol. The fraction of sp³-hybridized carbons (Fsp3) is 0.654. The lowest BCUT2D eigenvalue weighted by Gasteiger charge is -2.33. The van der Waals surface area contributed by atoms with Gasteiger partial charge < -0.3 is 19.3 Å². The zero-order valence-corrected chi connectivity index (χ0v) is 20.2. The molecule has 7 atom stereocenters. The molecule has 1 N–H and O–H groups in total. The van der Waals surface area contributed by atoms with Crippen molar-refractivity contribution in [1.29, 1.82) is 0 Å². The van der Waals surface area contributed by atoms with Crippen LogP contribution < -0.4 is 0 Å². The summed E-state index contributed by atoms with van der Waals surface area (Å²) in [6, 6.07) is 9.51. The molecule has 2 unspecified atom stereocenters. The fourth-order valence-electron chi connectivity index (χ4n) is 4.79. The van der Waals surface area contributed by atoms with Crippen LogP contribution in [0, 0.1) is 11.8 Å². The highest BCUT2D eigenvalue weighted by molar-refractivity contribution is 5.90. The second-order valence-electron chi connectivity index (χ2n) is 9.93. The molecule has 0 saturated carbocycles. The van der Waals surface area contributed by atoms with Gasteiger partial charge in [-0.3, -0.25) is 14.4 Å². The number of cyclic esters (lactones) is 1. The number of Topliss-reactive ketones (excluding diaryl/α,β-unsaturated/α-hetero) is 2. The van der Waals surface area contributed by atoms with Gasteiger partial charge in [0.15, 0.2) is 17.2 Å². The summed E-state index contributed by atoms with van der Waals surface area (Å²) in [5.41, 5.74) is -2.01. The quantitative estimate of drug-likeness (QED) is 0.688. The number of ketones is 2. The average molecular weight is 461 g/mol. The molecule has 7 nitrogen and oxygen atoms in total.